The van der Waals surface area contributed by atoms with Gasteiger partial charge in [0.2, 0.25) is 5.88 Å². The summed E-state index contributed by atoms with van der Waals surface area (Å²) < 4.78 is 7.93. The molecule has 0 amide bonds. The van der Waals surface area contributed by atoms with Crippen LogP contribution in [0.2, 0.25) is 0 Å². The van der Waals surface area contributed by atoms with E-state index in [1.165, 1.54) is 0 Å². The van der Waals surface area contributed by atoms with E-state index in [4.69, 9.17) is 15.5 Å². The molecule has 1 unspecified atom stereocenters. The van der Waals surface area contributed by atoms with Gasteiger partial charge in [-0.25, -0.2) is 4.98 Å². The van der Waals surface area contributed by atoms with E-state index in [2.05, 4.69) is 6.07 Å². The number of fused-ring (bicyclic) bond motifs is 4. The molecule has 27 heavy (non-hydrogen) atoms. The van der Waals surface area contributed by atoms with Crippen molar-refractivity contribution < 1.29 is 4.74 Å². The molecule has 130 valence electrons. The van der Waals surface area contributed by atoms with E-state index in [0.29, 0.717) is 11.3 Å². The highest BCUT2D eigenvalue weighted by Gasteiger charge is 2.34. The van der Waals surface area contributed by atoms with Crippen LogP contribution in [0.1, 0.15) is 17.3 Å². The lowest BCUT2D eigenvalue weighted by atomic mass is 9.87. The standard InChI is InChI=1S/C22H16N4O/c1-26-18-9-5-4-8-17(18)25-22(26)19-15-11-10-13-6-2-3-7-14(13)20(15)27-21(24)16(19)12-23/h2-11,19H,24H2,1H3. The van der Waals surface area contributed by atoms with Crippen LogP contribution >= 0.6 is 0 Å². The predicted octanol–water partition coefficient (Wildman–Crippen LogP) is 3.94. The molecule has 0 fully saturated rings. The summed E-state index contributed by atoms with van der Waals surface area (Å²) >= 11 is 0. The summed E-state index contributed by atoms with van der Waals surface area (Å²) in [6, 6.07) is 22.2. The summed E-state index contributed by atoms with van der Waals surface area (Å²) in [5.74, 6) is 1.23. The molecule has 5 rings (SSSR count). The molecule has 2 heterocycles. The first-order valence-corrected chi connectivity index (χ1v) is 8.69. The predicted molar refractivity (Wildman–Crippen MR) is 104 cm³/mol. The topological polar surface area (TPSA) is 76.9 Å². The second-order valence-corrected chi connectivity index (χ2v) is 6.65. The molecule has 1 aliphatic heterocycles. The lowest BCUT2D eigenvalue weighted by Crippen LogP contribution is -2.23. The van der Waals surface area contributed by atoms with E-state index in [1.807, 2.05) is 72.3 Å². The third kappa shape index (κ3) is 2.14. The van der Waals surface area contributed by atoms with Gasteiger partial charge in [-0.05, 0) is 17.5 Å². The highest BCUT2D eigenvalue weighted by molar-refractivity contribution is 5.91. The van der Waals surface area contributed by atoms with E-state index in [-0.39, 0.29) is 11.8 Å². The van der Waals surface area contributed by atoms with Crippen molar-refractivity contribution in [3.63, 3.8) is 0 Å². The van der Waals surface area contributed by atoms with Gasteiger partial charge < -0.3 is 15.0 Å². The SMILES string of the molecule is Cn1c(C2C(C#N)=C(N)Oc3c2ccc2ccccc32)nc2ccccc21. The van der Waals surface area contributed by atoms with Crippen LogP contribution in [0.25, 0.3) is 21.8 Å². The Morgan fingerprint density at radius 3 is 2.67 bits per heavy atom. The van der Waals surface area contributed by atoms with Crippen LogP contribution in [0, 0.1) is 11.3 Å². The van der Waals surface area contributed by atoms with E-state index in [0.717, 1.165) is 33.2 Å². The summed E-state index contributed by atoms with van der Waals surface area (Å²) in [5.41, 5.74) is 9.35. The molecule has 5 heteroatoms. The monoisotopic (exact) mass is 352 g/mol. The van der Waals surface area contributed by atoms with Crippen molar-refractivity contribution in [1.82, 2.24) is 9.55 Å². The average molecular weight is 352 g/mol. The molecule has 4 aromatic rings. The first-order valence-electron chi connectivity index (χ1n) is 8.69. The van der Waals surface area contributed by atoms with Crippen LogP contribution in [-0.4, -0.2) is 9.55 Å². The van der Waals surface area contributed by atoms with Gasteiger partial charge in [0.25, 0.3) is 0 Å². The molecule has 5 nitrogen and oxygen atoms in total. The van der Waals surface area contributed by atoms with Crippen LogP contribution in [-0.2, 0) is 7.05 Å². The Hall–Kier alpha value is -3.78. The summed E-state index contributed by atoms with van der Waals surface area (Å²) in [4.78, 5) is 4.81. The molecule has 2 N–H and O–H groups in total. The van der Waals surface area contributed by atoms with Crippen molar-refractivity contribution in [2.24, 2.45) is 12.8 Å². The third-order valence-electron chi connectivity index (χ3n) is 5.19. The zero-order valence-corrected chi connectivity index (χ0v) is 14.7. The van der Waals surface area contributed by atoms with Gasteiger partial charge in [-0.1, -0.05) is 48.5 Å². The van der Waals surface area contributed by atoms with Gasteiger partial charge in [0, 0.05) is 18.0 Å². The quantitative estimate of drug-likeness (QED) is 0.563. The lowest BCUT2D eigenvalue weighted by molar-refractivity contribution is 0.396. The van der Waals surface area contributed by atoms with Crippen molar-refractivity contribution >= 4 is 21.8 Å². The van der Waals surface area contributed by atoms with Crippen molar-refractivity contribution in [1.29, 1.82) is 5.26 Å². The lowest BCUT2D eigenvalue weighted by Gasteiger charge is -2.26. The number of nitrogens with zero attached hydrogens (tertiary/aromatic N) is 3. The number of aromatic nitrogens is 2. The average Bonchev–Trinajstić information content (AvgIpc) is 3.03. The fourth-order valence-corrected chi connectivity index (χ4v) is 3.87. The molecule has 1 aliphatic rings. The number of allylic oxidation sites excluding steroid dienone is 1. The van der Waals surface area contributed by atoms with E-state index in [9.17, 15) is 5.26 Å². The van der Waals surface area contributed by atoms with Gasteiger partial charge in [-0.15, -0.1) is 0 Å². The largest absolute Gasteiger partial charge is 0.440 e. The molecule has 0 aliphatic carbocycles. The molecule has 3 aromatic carbocycles. The molecule has 1 atom stereocenters. The Bertz CT molecular complexity index is 1290. The summed E-state index contributed by atoms with van der Waals surface area (Å²) in [5, 5.41) is 11.8. The minimum Gasteiger partial charge on any atom is -0.440 e. The summed E-state index contributed by atoms with van der Waals surface area (Å²) in [6.07, 6.45) is 0. The number of benzene rings is 3. The van der Waals surface area contributed by atoms with Gasteiger partial charge in [-0.3, -0.25) is 0 Å². The zero-order chi connectivity index (χ0) is 18.5. The number of hydrogen-bond donors (Lipinski definition) is 1. The summed E-state index contributed by atoms with van der Waals surface area (Å²) in [6.45, 7) is 0. The molecule has 0 saturated carbocycles. The number of nitrogens with two attached hydrogens (primary N) is 1. The first kappa shape index (κ1) is 15.5. The number of ether oxygens (including phenoxy) is 1. The highest BCUT2D eigenvalue weighted by Crippen LogP contribution is 2.45. The number of imidazole rings is 1. The van der Waals surface area contributed by atoms with Crippen LogP contribution in [0.3, 0.4) is 0 Å². The van der Waals surface area contributed by atoms with Crippen LogP contribution < -0.4 is 10.5 Å². The first-order chi connectivity index (χ1) is 13.2. The Morgan fingerprint density at radius 1 is 1.07 bits per heavy atom. The number of nitriles is 1. The van der Waals surface area contributed by atoms with E-state index >= 15 is 0 Å². The highest BCUT2D eigenvalue weighted by atomic mass is 16.5. The minimum atomic E-state index is -0.374. The normalized spacial score (nSPS) is 16.2. The van der Waals surface area contributed by atoms with Crippen molar-refractivity contribution in [3.8, 4) is 11.8 Å². The molecule has 0 saturated heterocycles. The zero-order valence-electron chi connectivity index (χ0n) is 14.7. The molecule has 0 bridgehead atoms. The van der Waals surface area contributed by atoms with Crippen LogP contribution in [0.15, 0.2) is 72.1 Å². The van der Waals surface area contributed by atoms with E-state index < -0.39 is 0 Å². The Kier molecular flexibility index (Phi) is 3.22. The maximum absolute atomic E-state index is 9.79. The van der Waals surface area contributed by atoms with Gasteiger partial charge in [0.05, 0.1) is 17.0 Å². The Labute approximate surface area is 155 Å². The minimum absolute atomic E-state index is 0.137. The number of hydrogen-bond acceptors (Lipinski definition) is 4. The maximum atomic E-state index is 9.79. The molecular weight excluding hydrogens is 336 g/mol. The second kappa shape index (κ2) is 5.61. The van der Waals surface area contributed by atoms with E-state index in [1.54, 1.807) is 0 Å². The number of aryl methyl sites for hydroxylation is 1. The van der Waals surface area contributed by atoms with Gasteiger partial charge >= 0.3 is 0 Å². The van der Waals surface area contributed by atoms with Crippen molar-refractivity contribution in [2.75, 3.05) is 0 Å². The molecule has 0 spiro atoms. The van der Waals surface area contributed by atoms with Gasteiger partial charge in [-0.2, -0.15) is 5.26 Å². The fourth-order valence-electron chi connectivity index (χ4n) is 3.87. The van der Waals surface area contributed by atoms with Crippen molar-refractivity contribution in [2.45, 2.75) is 5.92 Å². The van der Waals surface area contributed by atoms with Gasteiger partial charge in [0.15, 0.2) is 0 Å². The Balaban J connectivity index is 1.84. The third-order valence-corrected chi connectivity index (χ3v) is 5.19. The van der Waals surface area contributed by atoms with Crippen molar-refractivity contribution in [3.05, 3.63) is 83.5 Å². The number of para-hydroxylation sites is 2. The maximum Gasteiger partial charge on any atom is 0.205 e. The summed E-state index contributed by atoms with van der Waals surface area (Å²) in [7, 11) is 1.96. The molecular formula is C22H16N4O. The fraction of sp³-hybridized carbons (Fsp3) is 0.0909. The van der Waals surface area contributed by atoms with Crippen LogP contribution in [0.4, 0.5) is 0 Å². The Morgan fingerprint density at radius 2 is 1.85 bits per heavy atom. The number of rotatable bonds is 1. The second-order valence-electron chi connectivity index (χ2n) is 6.65. The molecule has 1 aromatic heterocycles. The molecule has 0 radical (unpaired) electrons. The smallest absolute Gasteiger partial charge is 0.205 e. The van der Waals surface area contributed by atoms with Crippen LogP contribution in [0.5, 0.6) is 5.75 Å². The van der Waals surface area contributed by atoms with Gasteiger partial charge in [0.1, 0.15) is 23.2 Å².